The second kappa shape index (κ2) is 9.47. The third kappa shape index (κ3) is 4.82. The Morgan fingerprint density at radius 1 is 1.00 bits per heavy atom. The monoisotopic (exact) mass is 417 g/mol. The quantitative estimate of drug-likeness (QED) is 0.433. The third-order valence-electron chi connectivity index (χ3n) is 4.76. The number of para-hydroxylation sites is 1. The van der Waals surface area contributed by atoms with Crippen LogP contribution in [0.15, 0.2) is 84.6 Å². The van der Waals surface area contributed by atoms with Gasteiger partial charge in [-0.15, -0.1) is 16.4 Å². The standard InChI is InChI=1S/C23H23N5OS/c1-26(18-19-9-12-24-13-10-19)15-16-27(23(29)21-8-5-17-30-21)22-11-14-28(25-22)20-6-3-2-4-7-20/h2-14,17H,15-16,18H2,1H3. The maximum Gasteiger partial charge on any atom is 0.269 e. The lowest BCUT2D eigenvalue weighted by Crippen LogP contribution is -2.37. The van der Waals surface area contributed by atoms with Crippen LogP contribution in [0.4, 0.5) is 5.82 Å². The highest BCUT2D eigenvalue weighted by Crippen LogP contribution is 2.19. The highest BCUT2D eigenvalue weighted by molar-refractivity contribution is 7.12. The molecule has 0 radical (unpaired) electrons. The number of anilines is 1. The second-order valence-corrected chi connectivity index (χ2v) is 7.93. The van der Waals surface area contributed by atoms with Crippen LogP contribution < -0.4 is 4.90 Å². The van der Waals surface area contributed by atoms with Gasteiger partial charge in [0, 0.05) is 44.3 Å². The minimum atomic E-state index is -0.0272. The number of pyridine rings is 1. The number of hydrogen-bond acceptors (Lipinski definition) is 5. The Kier molecular flexibility index (Phi) is 6.32. The van der Waals surface area contributed by atoms with Gasteiger partial charge in [-0.2, -0.15) is 0 Å². The van der Waals surface area contributed by atoms with Crippen molar-refractivity contribution in [3.8, 4) is 5.69 Å². The maximum absolute atomic E-state index is 13.2. The van der Waals surface area contributed by atoms with Crippen molar-refractivity contribution >= 4 is 23.1 Å². The van der Waals surface area contributed by atoms with E-state index >= 15 is 0 Å². The molecule has 0 saturated heterocycles. The SMILES string of the molecule is CN(CCN(C(=O)c1cccs1)c1ccn(-c2ccccc2)n1)Cc1ccncc1. The molecule has 0 saturated carbocycles. The van der Waals surface area contributed by atoms with Gasteiger partial charge in [-0.3, -0.25) is 14.7 Å². The number of aromatic nitrogens is 3. The highest BCUT2D eigenvalue weighted by atomic mass is 32.1. The van der Waals surface area contributed by atoms with E-state index < -0.39 is 0 Å². The fourth-order valence-corrected chi connectivity index (χ4v) is 3.86. The molecule has 7 heteroatoms. The molecule has 0 aliphatic heterocycles. The molecule has 1 amide bonds. The van der Waals surface area contributed by atoms with Gasteiger partial charge in [0.2, 0.25) is 0 Å². The lowest BCUT2D eigenvalue weighted by Gasteiger charge is -2.24. The van der Waals surface area contributed by atoms with E-state index in [1.807, 2.05) is 72.2 Å². The summed E-state index contributed by atoms with van der Waals surface area (Å²) in [4.78, 5) is 21.9. The number of carbonyl (C=O) groups excluding carboxylic acids is 1. The van der Waals surface area contributed by atoms with Crippen molar-refractivity contribution in [3.05, 3.63) is 95.1 Å². The number of likely N-dealkylation sites (N-methyl/N-ethyl adjacent to an activating group) is 1. The van der Waals surface area contributed by atoms with Gasteiger partial charge in [-0.05, 0) is 48.3 Å². The van der Waals surface area contributed by atoms with E-state index in [-0.39, 0.29) is 5.91 Å². The molecule has 3 aromatic heterocycles. The average molecular weight is 418 g/mol. The van der Waals surface area contributed by atoms with Crippen molar-refractivity contribution in [2.24, 2.45) is 0 Å². The number of nitrogens with zero attached hydrogens (tertiary/aromatic N) is 5. The molecule has 0 N–H and O–H groups in total. The molecule has 0 spiro atoms. The molecular formula is C23H23N5OS. The maximum atomic E-state index is 13.2. The topological polar surface area (TPSA) is 54.3 Å². The zero-order valence-corrected chi connectivity index (χ0v) is 17.6. The summed E-state index contributed by atoms with van der Waals surface area (Å²) in [5, 5.41) is 6.59. The van der Waals surface area contributed by atoms with Crippen molar-refractivity contribution < 1.29 is 4.79 Å². The Bertz CT molecular complexity index is 1060. The van der Waals surface area contributed by atoms with Crippen LogP contribution in [0, 0.1) is 0 Å². The van der Waals surface area contributed by atoms with E-state index in [0.717, 1.165) is 18.8 Å². The van der Waals surface area contributed by atoms with Crippen LogP contribution in [-0.2, 0) is 6.54 Å². The molecule has 4 aromatic rings. The molecule has 6 nitrogen and oxygen atoms in total. The molecule has 0 aliphatic rings. The Morgan fingerprint density at radius 2 is 1.80 bits per heavy atom. The summed E-state index contributed by atoms with van der Waals surface area (Å²) >= 11 is 1.45. The van der Waals surface area contributed by atoms with Gasteiger partial charge in [0.1, 0.15) is 0 Å². The zero-order chi connectivity index (χ0) is 20.8. The van der Waals surface area contributed by atoms with Crippen LogP contribution >= 0.6 is 11.3 Å². The third-order valence-corrected chi connectivity index (χ3v) is 5.61. The molecule has 152 valence electrons. The Labute approximate surface area is 180 Å². The number of amides is 1. The number of carbonyl (C=O) groups is 1. The fourth-order valence-electron chi connectivity index (χ4n) is 3.19. The molecule has 4 rings (SSSR count). The lowest BCUT2D eigenvalue weighted by atomic mass is 10.2. The van der Waals surface area contributed by atoms with Crippen molar-refractivity contribution in [3.63, 3.8) is 0 Å². The summed E-state index contributed by atoms with van der Waals surface area (Å²) in [6.45, 7) is 2.06. The Morgan fingerprint density at radius 3 is 2.53 bits per heavy atom. The first-order valence-corrected chi connectivity index (χ1v) is 10.6. The first kappa shape index (κ1) is 20.0. The normalized spacial score (nSPS) is 11.0. The lowest BCUT2D eigenvalue weighted by molar-refractivity contribution is 0.0987. The van der Waals surface area contributed by atoms with Gasteiger partial charge in [0.15, 0.2) is 5.82 Å². The molecule has 3 heterocycles. The zero-order valence-electron chi connectivity index (χ0n) is 16.8. The van der Waals surface area contributed by atoms with Crippen LogP contribution in [-0.4, -0.2) is 45.7 Å². The van der Waals surface area contributed by atoms with Gasteiger partial charge in [0.05, 0.1) is 10.6 Å². The molecule has 0 aliphatic carbocycles. The summed E-state index contributed by atoms with van der Waals surface area (Å²) in [5.41, 5.74) is 2.15. The first-order chi connectivity index (χ1) is 14.7. The van der Waals surface area contributed by atoms with Crippen molar-refractivity contribution in [2.75, 3.05) is 25.0 Å². The summed E-state index contributed by atoms with van der Waals surface area (Å²) in [6, 6.07) is 19.6. The van der Waals surface area contributed by atoms with E-state index in [4.69, 9.17) is 0 Å². The Balaban J connectivity index is 1.51. The summed E-state index contributed by atoms with van der Waals surface area (Å²) in [5.74, 6) is 0.621. The fraction of sp³-hybridized carbons (Fsp3) is 0.174. The van der Waals surface area contributed by atoms with E-state index in [9.17, 15) is 4.79 Å². The van der Waals surface area contributed by atoms with E-state index in [0.29, 0.717) is 17.2 Å². The largest absolute Gasteiger partial charge is 0.300 e. The van der Waals surface area contributed by atoms with Gasteiger partial charge in [0.25, 0.3) is 5.91 Å². The molecule has 30 heavy (non-hydrogen) atoms. The highest BCUT2D eigenvalue weighted by Gasteiger charge is 2.21. The van der Waals surface area contributed by atoms with Crippen molar-refractivity contribution in [1.29, 1.82) is 0 Å². The predicted octanol–water partition coefficient (Wildman–Crippen LogP) is 4.11. The molecule has 0 fully saturated rings. The van der Waals surface area contributed by atoms with Gasteiger partial charge in [-0.25, -0.2) is 4.68 Å². The van der Waals surface area contributed by atoms with Crippen LogP contribution in [0.2, 0.25) is 0 Å². The number of thiophene rings is 1. The predicted molar refractivity (Wildman–Crippen MR) is 120 cm³/mol. The second-order valence-electron chi connectivity index (χ2n) is 6.98. The molecule has 0 bridgehead atoms. The van der Waals surface area contributed by atoms with Gasteiger partial charge < -0.3 is 4.90 Å². The molecule has 0 unspecified atom stereocenters. The molecule has 0 atom stereocenters. The van der Waals surface area contributed by atoms with Crippen LogP contribution in [0.5, 0.6) is 0 Å². The number of hydrogen-bond donors (Lipinski definition) is 0. The van der Waals surface area contributed by atoms with Crippen LogP contribution in [0.25, 0.3) is 5.69 Å². The van der Waals surface area contributed by atoms with Gasteiger partial charge in [-0.1, -0.05) is 24.3 Å². The first-order valence-electron chi connectivity index (χ1n) is 9.74. The number of benzene rings is 1. The van der Waals surface area contributed by atoms with E-state index in [1.165, 1.54) is 16.9 Å². The summed E-state index contributed by atoms with van der Waals surface area (Å²) in [7, 11) is 2.05. The van der Waals surface area contributed by atoms with Crippen LogP contribution in [0.1, 0.15) is 15.2 Å². The van der Waals surface area contributed by atoms with Gasteiger partial charge >= 0.3 is 0 Å². The smallest absolute Gasteiger partial charge is 0.269 e. The van der Waals surface area contributed by atoms with E-state index in [1.54, 1.807) is 22.0 Å². The summed E-state index contributed by atoms with van der Waals surface area (Å²) in [6.07, 6.45) is 5.48. The average Bonchev–Trinajstić information content (AvgIpc) is 3.48. The van der Waals surface area contributed by atoms with Crippen molar-refractivity contribution in [1.82, 2.24) is 19.7 Å². The van der Waals surface area contributed by atoms with E-state index in [2.05, 4.69) is 22.0 Å². The van der Waals surface area contributed by atoms with Crippen LogP contribution in [0.3, 0.4) is 0 Å². The summed E-state index contributed by atoms with van der Waals surface area (Å²) < 4.78 is 1.80. The minimum Gasteiger partial charge on any atom is -0.300 e. The number of rotatable bonds is 8. The Hall–Kier alpha value is -3.29. The molecule has 1 aromatic carbocycles. The minimum absolute atomic E-state index is 0.0272. The molecular weight excluding hydrogens is 394 g/mol. The van der Waals surface area contributed by atoms with Crippen molar-refractivity contribution in [2.45, 2.75) is 6.54 Å².